The van der Waals surface area contributed by atoms with Crippen molar-refractivity contribution in [1.82, 2.24) is 0 Å². The van der Waals surface area contributed by atoms with E-state index in [9.17, 15) is 20.0 Å². The van der Waals surface area contributed by atoms with Gasteiger partial charge in [-0.05, 0) is 29.0 Å². The van der Waals surface area contributed by atoms with Crippen LogP contribution in [0.3, 0.4) is 0 Å². The summed E-state index contributed by atoms with van der Waals surface area (Å²) in [4.78, 5) is 22.6. The number of nitrogens with zero attached hydrogens (tertiary/aromatic N) is 1. The van der Waals surface area contributed by atoms with E-state index in [4.69, 9.17) is 4.74 Å². The average molecular weight is 323 g/mol. The normalized spacial score (nSPS) is 10.5. The van der Waals surface area contributed by atoms with Crippen molar-refractivity contribution in [3.8, 4) is 5.75 Å². The molecule has 6 heteroatoms. The van der Waals surface area contributed by atoms with Crippen molar-refractivity contribution in [3.05, 3.63) is 81.9 Å². The first kappa shape index (κ1) is 15.5. The van der Waals surface area contributed by atoms with Crippen LogP contribution in [0.2, 0.25) is 0 Å². The second-order valence-electron chi connectivity index (χ2n) is 5.18. The van der Waals surface area contributed by atoms with Crippen LogP contribution in [-0.4, -0.2) is 16.0 Å². The van der Waals surface area contributed by atoms with Crippen molar-refractivity contribution in [2.45, 2.75) is 6.61 Å². The summed E-state index contributed by atoms with van der Waals surface area (Å²) in [6.07, 6.45) is 0. The van der Waals surface area contributed by atoms with Crippen LogP contribution in [0.15, 0.2) is 60.7 Å². The van der Waals surface area contributed by atoms with Gasteiger partial charge in [0.25, 0.3) is 5.69 Å². The molecular weight excluding hydrogens is 310 g/mol. The summed E-state index contributed by atoms with van der Waals surface area (Å²) in [6, 6.07) is 16.3. The van der Waals surface area contributed by atoms with Crippen molar-refractivity contribution in [3.63, 3.8) is 0 Å². The number of nitro groups is 1. The first-order valence-electron chi connectivity index (χ1n) is 7.17. The quantitative estimate of drug-likeness (QED) is 0.448. The molecule has 0 bridgehead atoms. The molecule has 0 atom stereocenters. The van der Waals surface area contributed by atoms with E-state index in [0.717, 1.165) is 10.8 Å². The summed E-state index contributed by atoms with van der Waals surface area (Å²) >= 11 is 0. The number of hydrogen-bond acceptors (Lipinski definition) is 5. The van der Waals surface area contributed by atoms with Crippen LogP contribution in [0.25, 0.3) is 10.8 Å². The molecule has 0 aliphatic rings. The fourth-order valence-corrected chi connectivity index (χ4v) is 2.42. The predicted molar refractivity (Wildman–Crippen MR) is 87.8 cm³/mol. The van der Waals surface area contributed by atoms with Crippen LogP contribution in [0, 0.1) is 10.1 Å². The topological polar surface area (TPSA) is 89.7 Å². The molecule has 3 rings (SSSR count). The molecule has 0 heterocycles. The van der Waals surface area contributed by atoms with Gasteiger partial charge in [-0.25, -0.2) is 4.79 Å². The maximum atomic E-state index is 12.2. The van der Waals surface area contributed by atoms with Crippen LogP contribution < -0.4 is 0 Å². The van der Waals surface area contributed by atoms with Gasteiger partial charge in [0, 0.05) is 6.07 Å². The highest BCUT2D eigenvalue weighted by molar-refractivity contribution is 5.98. The van der Waals surface area contributed by atoms with Crippen LogP contribution in [-0.2, 0) is 11.3 Å². The Morgan fingerprint density at radius 3 is 2.38 bits per heavy atom. The van der Waals surface area contributed by atoms with Crippen molar-refractivity contribution < 1.29 is 19.6 Å². The molecule has 0 unspecified atom stereocenters. The number of fused-ring (bicyclic) bond motifs is 1. The van der Waals surface area contributed by atoms with Crippen LogP contribution in [0.5, 0.6) is 5.75 Å². The van der Waals surface area contributed by atoms with Crippen LogP contribution >= 0.6 is 0 Å². The average Bonchev–Trinajstić information content (AvgIpc) is 2.59. The largest absolute Gasteiger partial charge is 0.507 e. The van der Waals surface area contributed by atoms with E-state index in [1.807, 2.05) is 24.3 Å². The van der Waals surface area contributed by atoms with E-state index in [1.54, 1.807) is 12.1 Å². The number of aromatic hydroxyl groups is 1. The zero-order chi connectivity index (χ0) is 17.1. The predicted octanol–water partition coefficient (Wildman–Crippen LogP) is 3.81. The number of hydrogen-bond donors (Lipinski definition) is 1. The molecule has 0 saturated carbocycles. The van der Waals surface area contributed by atoms with E-state index >= 15 is 0 Å². The van der Waals surface area contributed by atoms with Crippen molar-refractivity contribution in [2.24, 2.45) is 0 Å². The number of benzene rings is 3. The van der Waals surface area contributed by atoms with Crippen LogP contribution in [0.1, 0.15) is 15.9 Å². The van der Waals surface area contributed by atoms with Crippen molar-refractivity contribution in [2.75, 3.05) is 0 Å². The highest BCUT2D eigenvalue weighted by Crippen LogP contribution is 2.26. The van der Waals surface area contributed by atoms with E-state index < -0.39 is 10.9 Å². The number of rotatable bonds is 4. The Kier molecular flexibility index (Phi) is 4.11. The number of nitro benzene ring substituents is 1. The Hall–Kier alpha value is -3.41. The fourth-order valence-electron chi connectivity index (χ4n) is 2.42. The Morgan fingerprint density at radius 2 is 1.67 bits per heavy atom. The summed E-state index contributed by atoms with van der Waals surface area (Å²) in [6.45, 7) is -0.248. The third-order valence-electron chi connectivity index (χ3n) is 3.63. The summed E-state index contributed by atoms with van der Waals surface area (Å²) in [5.74, 6) is -0.933. The number of phenolic OH excluding ortho intramolecular Hbond substituents is 1. The SMILES string of the molecule is O=C(OCc1ccccc1[N+](=O)[O-])c1cc2ccccc2cc1O. The zero-order valence-corrected chi connectivity index (χ0v) is 12.5. The van der Waals surface area contributed by atoms with E-state index in [2.05, 4.69) is 0 Å². The lowest BCUT2D eigenvalue weighted by molar-refractivity contribution is -0.385. The third kappa shape index (κ3) is 3.03. The number of carbonyl (C=O) groups is 1. The van der Waals surface area contributed by atoms with Gasteiger partial charge in [0.1, 0.15) is 17.9 Å². The first-order chi connectivity index (χ1) is 11.6. The molecule has 6 nitrogen and oxygen atoms in total. The van der Waals surface area contributed by atoms with Gasteiger partial charge in [-0.1, -0.05) is 36.4 Å². The Balaban J connectivity index is 1.83. The number of esters is 1. The minimum absolute atomic E-state index is 0.0206. The molecule has 3 aromatic carbocycles. The molecule has 0 radical (unpaired) electrons. The molecule has 1 N–H and O–H groups in total. The van der Waals surface area contributed by atoms with E-state index in [1.165, 1.54) is 24.3 Å². The third-order valence-corrected chi connectivity index (χ3v) is 3.63. The maximum absolute atomic E-state index is 12.2. The molecule has 0 saturated heterocycles. The minimum Gasteiger partial charge on any atom is -0.507 e. The molecule has 24 heavy (non-hydrogen) atoms. The maximum Gasteiger partial charge on any atom is 0.342 e. The molecule has 0 spiro atoms. The lowest BCUT2D eigenvalue weighted by Gasteiger charge is -2.08. The van der Waals surface area contributed by atoms with Crippen molar-refractivity contribution in [1.29, 1.82) is 0 Å². The van der Waals surface area contributed by atoms with Gasteiger partial charge in [-0.2, -0.15) is 0 Å². The van der Waals surface area contributed by atoms with Gasteiger partial charge in [0.15, 0.2) is 0 Å². The van der Waals surface area contributed by atoms with Gasteiger partial charge < -0.3 is 9.84 Å². The summed E-state index contributed by atoms with van der Waals surface area (Å²) in [7, 11) is 0. The lowest BCUT2D eigenvalue weighted by atomic mass is 10.1. The van der Waals surface area contributed by atoms with Gasteiger partial charge in [-0.15, -0.1) is 0 Å². The Morgan fingerprint density at radius 1 is 1.04 bits per heavy atom. The Bertz CT molecular complexity index is 936. The highest BCUT2D eigenvalue weighted by atomic mass is 16.6. The van der Waals surface area contributed by atoms with E-state index in [-0.39, 0.29) is 29.2 Å². The number of para-hydroxylation sites is 1. The minimum atomic E-state index is -0.739. The van der Waals surface area contributed by atoms with E-state index in [0.29, 0.717) is 0 Å². The monoisotopic (exact) mass is 323 g/mol. The molecule has 0 amide bonds. The second kappa shape index (κ2) is 6.37. The first-order valence-corrected chi connectivity index (χ1v) is 7.17. The smallest absolute Gasteiger partial charge is 0.342 e. The molecular formula is C18H13NO5. The molecule has 0 aliphatic carbocycles. The molecule has 0 fully saturated rings. The molecule has 120 valence electrons. The van der Waals surface area contributed by atoms with Gasteiger partial charge >= 0.3 is 5.97 Å². The fraction of sp³-hybridized carbons (Fsp3) is 0.0556. The standard InChI is InChI=1S/C18H13NO5/c20-17-10-13-6-2-1-5-12(13)9-15(17)18(21)24-11-14-7-3-4-8-16(14)19(22)23/h1-10,20H,11H2. The molecule has 0 aromatic heterocycles. The van der Waals surface area contributed by atoms with Crippen LogP contribution in [0.4, 0.5) is 5.69 Å². The summed E-state index contributed by atoms with van der Waals surface area (Å²) in [5, 5.41) is 22.6. The number of carbonyl (C=O) groups excluding carboxylic acids is 1. The summed E-state index contributed by atoms with van der Waals surface area (Å²) < 4.78 is 5.13. The van der Waals surface area contributed by atoms with Crippen molar-refractivity contribution >= 4 is 22.4 Å². The molecule has 3 aromatic rings. The van der Waals surface area contributed by atoms with Gasteiger partial charge in [0.2, 0.25) is 0 Å². The Labute approximate surface area is 137 Å². The van der Waals surface area contributed by atoms with Gasteiger partial charge in [-0.3, -0.25) is 10.1 Å². The molecule has 0 aliphatic heterocycles. The number of phenols is 1. The summed E-state index contributed by atoms with van der Waals surface area (Å²) in [5.41, 5.74) is 0.191. The second-order valence-corrected chi connectivity index (χ2v) is 5.18. The van der Waals surface area contributed by atoms with Gasteiger partial charge in [0.05, 0.1) is 10.5 Å². The highest BCUT2D eigenvalue weighted by Gasteiger charge is 2.17. The zero-order valence-electron chi connectivity index (χ0n) is 12.5. The number of ether oxygens (including phenoxy) is 1. The lowest BCUT2D eigenvalue weighted by Crippen LogP contribution is -2.07.